The van der Waals surface area contributed by atoms with Crippen molar-refractivity contribution in [3.8, 4) is 11.3 Å². The lowest BCUT2D eigenvalue weighted by Crippen LogP contribution is -2.36. The van der Waals surface area contributed by atoms with E-state index >= 15 is 0 Å². The van der Waals surface area contributed by atoms with E-state index in [1.54, 1.807) is 17.2 Å². The Kier molecular flexibility index (Phi) is 3.90. The zero-order valence-electron chi connectivity index (χ0n) is 12.9. The molecule has 0 radical (unpaired) electrons. The molecule has 3 aromatic rings. The molecule has 1 amide bonds. The molecule has 0 unspecified atom stereocenters. The van der Waals surface area contributed by atoms with Gasteiger partial charge in [0.15, 0.2) is 0 Å². The zero-order valence-corrected chi connectivity index (χ0v) is 14.5. The highest BCUT2D eigenvalue weighted by Crippen LogP contribution is 2.27. The van der Waals surface area contributed by atoms with Crippen molar-refractivity contribution in [2.75, 3.05) is 11.4 Å². The lowest BCUT2D eigenvalue weighted by molar-refractivity contribution is 0.0980. The summed E-state index contributed by atoms with van der Waals surface area (Å²) in [6.45, 7) is 0.699. The Hall–Kier alpha value is -2.47. The summed E-state index contributed by atoms with van der Waals surface area (Å²) in [4.78, 5) is 19.0. The molecule has 0 atom stereocenters. The van der Waals surface area contributed by atoms with Crippen LogP contribution in [0.5, 0.6) is 0 Å². The number of hydrogen-bond acceptors (Lipinski definition) is 3. The van der Waals surface area contributed by atoms with Crippen molar-refractivity contribution in [2.24, 2.45) is 0 Å². The monoisotopic (exact) mass is 382 g/mol. The number of aryl methyl sites for hydroxylation is 1. The molecule has 4 rings (SSSR count). The fraction of sp³-hybridized carbons (Fsp3) is 0.167. The second-order valence-electron chi connectivity index (χ2n) is 5.70. The van der Waals surface area contributed by atoms with Crippen LogP contribution in [0.1, 0.15) is 22.6 Å². The molecule has 120 valence electrons. The number of H-pyrrole nitrogens is 1. The minimum absolute atomic E-state index is 0.0696. The Bertz CT molecular complexity index is 888. The highest BCUT2D eigenvalue weighted by Gasteiger charge is 2.25. The maximum Gasteiger partial charge on any atom is 0.276 e. The van der Waals surface area contributed by atoms with Crippen molar-refractivity contribution in [3.63, 3.8) is 0 Å². The van der Waals surface area contributed by atoms with E-state index in [0.29, 0.717) is 12.2 Å². The summed E-state index contributed by atoms with van der Waals surface area (Å²) < 4.78 is 1.01. The summed E-state index contributed by atoms with van der Waals surface area (Å²) in [7, 11) is 0. The highest BCUT2D eigenvalue weighted by atomic mass is 79.9. The van der Waals surface area contributed by atoms with Crippen molar-refractivity contribution < 1.29 is 4.79 Å². The van der Waals surface area contributed by atoms with Gasteiger partial charge in [0, 0.05) is 22.8 Å². The van der Waals surface area contributed by atoms with Crippen LogP contribution in [0.25, 0.3) is 11.3 Å². The molecule has 3 heterocycles. The molecular weight excluding hydrogens is 368 g/mol. The molecule has 2 aromatic heterocycles. The van der Waals surface area contributed by atoms with Gasteiger partial charge in [-0.3, -0.25) is 14.9 Å². The number of fused-ring (bicyclic) bond motifs is 1. The fourth-order valence-electron chi connectivity index (χ4n) is 2.95. The molecule has 6 heteroatoms. The van der Waals surface area contributed by atoms with Gasteiger partial charge < -0.3 is 4.90 Å². The average molecular weight is 383 g/mol. The number of pyridine rings is 1. The number of halogens is 1. The summed E-state index contributed by atoms with van der Waals surface area (Å²) in [6, 6.07) is 13.5. The summed E-state index contributed by atoms with van der Waals surface area (Å²) in [5.74, 6) is -0.0696. The number of rotatable bonds is 2. The summed E-state index contributed by atoms with van der Waals surface area (Å²) >= 11 is 3.42. The predicted molar refractivity (Wildman–Crippen MR) is 96.0 cm³/mol. The van der Waals surface area contributed by atoms with Gasteiger partial charge >= 0.3 is 0 Å². The molecule has 1 aliphatic heterocycles. The maximum atomic E-state index is 12.9. The van der Waals surface area contributed by atoms with Crippen LogP contribution in [0, 0.1) is 0 Å². The third kappa shape index (κ3) is 2.73. The number of aromatic amines is 1. The zero-order chi connectivity index (χ0) is 16.5. The summed E-state index contributed by atoms with van der Waals surface area (Å²) in [5.41, 5.74) is 4.09. The van der Waals surface area contributed by atoms with Crippen molar-refractivity contribution >= 4 is 27.5 Å². The first-order valence-electron chi connectivity index (χ1n) is 7.79. The fourth-order valence-corrected chi connectivity index (χ4v) is 3.21. The molecule has 0 aliphatic carbocycles. The molecule has 0 saturated heterocycles. The predicted octanol–water partition coefficient (Wildman–Crippen LogP) is 3.83. The van der Waals surface area contributed by atoms with E-state index in [1.807, 2.05) is 36.4 Å². The van der Waals surface area contributed by atoms with Crippen LogP contribution in [-0.4, -0.2) is 27.6 Å². The molecule has 0 spiro atoms. The van der Waals surface area contributed by atoms with E-state index in [0.717, 1.165) is 40.0 Å². The Balaban J connectivity index is 1.63. The Morgan fingerprint density at radius 1 is 1.21 bits per heavy atom. The third-order valence-corrected chi connectivity index (χ3v) is 4.67. The Morgan fingerprint density at radius 2 is 2.04 bits per heavy atom. The largest absolute Gasteiger partial charge is 0.305 e. The average Bonchev–Trinajstić information content (AvgIpc) is 3.11. The van der Waals surface area contributed by atoms with Crippen LogP contribution in [0.4, 0.5) is 5.69 Å². The van der Waals surface area contributed by atoms with E-state index < -0.39 is 0 Å². The minimum atomic E-state index is -0.0696. The van der Waals surface area contributed by atoms with Crippen molar-refractivity contribution in [1.82, 2.24) is 15.2 Å². The van der Waals surface area contributed by atoms with Crippen LogP contribution in [0.2, 0.25) is 0 Å². The van der Waals surface area contributed by atoms with Gasteiger partial charge in [-0.15, -0.1) is 0 Å². The van der Waals surface area contributed by atoms with Gasteiger partial charge in [0.2, 0.25) is 0 Å². The number of carbonyl (C=O) groups is 1. The first kappa shape index (κ1) is 15.1. The van der Waals surface area contributed by atoms with Crippen molar-refractivity contribution in [2.45, 2.75) is 12.8 Å². The van der Waals surface area contributed by atoms with Crippen LogP contribution in [-0.2, 0) is 6.42 Å². The van der Waals surface area contributed by atoms with E-state index in [4.69, 9.17) is 0 Å². The van der Waals surface area contributed by atoms with Crippen LogP contribution in [0.15, 0.2) is 53.1 Å². The molecule has 24 heavy (non-hydrogen) atoms. The third-order valence-electron chi connectivity index (χ3n) is 4.15. The lowest BCUT2D eigenvalue weighted by Gasteiger charge is -2.28. The second-order valence-corrected chi connectivity index (χ2v) is 6.62. The topological polar surface area (TPSA) is 61.9 Å². The number of nitrogens with zero attached hydrogens (tertiary/aromatic N) is 3. The van der Waals surface area contributed by atoms with Crippen molar-refractivity contribution in [3.05, 3.63) is 64.5 Å². The molecule has 1 aromatic carbocycles. The lowest BCUT2D eigenvalue weighted by atomic mass is 10.1. The number of aromatic nitrogens is 3. The molecule has 1 aliphatic rings. The minimum Gasteiger partial charge on any atom is -0.305 e. The van der Waals surface area contributed by atoms with Gasteiger partial charge in [0.05, 0.1) is 17.1 Å². The van der Waals surface area contributed by atoms with Gasteiger partial charge in [-0.25, -0.2) is 0 Å². The number of nitrogens with one attached hydrogen (secondary N) is 1. The van der Waals surface area contributed by atoms with Gasteiger partial charge in [0.1, 0.15) is 5.69 Å². The number of benzene rings is 1. The van der Waals surface area contributed by atoms with E-state index in [2.05, 4.69) is 31.1 Å². The number of hydrogen-bond donors (Lipinski definition) is 1. The molecular formula is C18H15BrN4O. The number of amides is 1. The van der Waals surface area contributed by atoms with E-state index in [1.165, 1.54) is 0 Å². The Labute approximate surface area is 147 Å². The first-order chi connectivity index (χ1) is 11.7. The summed E-state index contributed by atoms with van der Waals surface area (Å²) in [6.07, 6.45) is 3.60. The smallest absolute Gasteiger partial charge is 0.276 e. The molecule has 0 saturated carbocycles. The van der Waals surface area contributed by atoms with Gasteiger partial charge in [-0.2, -0.15) is 5.10 Å². The second kappa shape index (κ2) is 6.20. The molecule has 1 N–H and O–H groups in total. The van der Waals surface area contributed by atoms with Gasteiger partial charge in [0.25, 0.3) is 5.91 Å². The molecule has 5 nitrogen and oxygen atoms in total. The van der Waals surface area contributed by atoms with Crippen LogP contribution >= 0.6 is 15.9 Å². The van der Waals surface area contributed by atoms with Crippen molar-refractivity contribution in [1.29, 1.82) is 0 Å². The normalized spacial score (nSPS) is 13.6. The van der Waals surface area contributed by atoms with Gasteiger partial charge in [-0.1, -0.05) is 28.1 Å². The summed E-state index contributed by atoms with van der Waals surface area (Å²) in [5, 5.41) is 7.16. The molecule has 0 bridgehead atoms. The number of anilines is 1. The molecule has 0 fully saturated rings. The standard InChI is InChI=1S/C18H15BrN4O/c19-13-7-5-12(6-8-13)15-11-16(22-21-15)18(24)23-10-2-3-14-17(23)4-1-9-20-14/h1,4-9,11H,2-3,10H2,(H,21,22). The first-order valence-corrected chi connectivity index (χ1v) is 8.59. The maximum absolute atomic E-state index is 12.9. The number of carbonyl (C=O) groups excluding carboxylic acids is 1. The van der Waals surface area contributed by atoms with E-state index in [-0.39, 0.29) is 5.91 Å². The van der Waals surface area contributed by atoms with Crippen LogP contribution in [0.3, 0.4) is 0 Å². The highest BCUT2D eigenvalue weighted by molar-refractivity contribution is 9.10. The quantitative estimate of drug-likeness (QED) is 0.732. The van der Waals surface area contributed by atoms with E-state index in [9.17, 15) is 4.79 Å². The van der Waals surface area contributed by atoms with Crippen LogP contribution < -0.4 is 4.90 Å². The Morgan fingerprint density at radius 3 is 2.88 bits per heavy atom. The SMILES string of the molecule is O=C(c1cc(-c2ccc(Br)cc2)n[nH]1)N1CCCc2ncccc21. The van der Waals surface area contributed by atoms with Gasteiger partial charge in [-0.05, 0) is 43.2 Å².